The highest BCUT2D eigenvalue weighted by Crippen LogP contribution is 2.09. The minimum atomic E-state index is -0.317. The summed E-state index contributed by atoms with van der Waals surface area (Å²) in [5.41, 5.74) is 2.27. The highest BCUT2D eigenvalue weighted by molar-refractivity contribution is 6.05. The summed E-state index contributed by atoms with van der Waals surface area (Å²) in [6.07, 6.45) is 6.19. The van der Waals surface area contributed by atoms with Crippen molar-refractivity contribution in [2.75, 3.05) is 5.32 Å². The summed E-state index contributed by atoms with van der Waals surface area (Å²) in [7, 11) is 0. The van der Waals surface area contributed by atoms with Crippen molar-refractivity contribution >= 4 is 17.5 Å². The molecule has 0 unspecified atom stereocenters. The monoisotopic (exact) mass is 332 g/mol. The molecule has 0 fully saturated rings. The lowest BCUT2D eigenvalue weighted by molar-refractivity contribution is 0.0950. The molecular formula is C19H16N4O2. The Balaban J connectivity index is 1.66. The zero-order valence-corrected chi connectivity index (χ0v) is 13.3. The number of rotatable bonds is 5. The molecule has 25 heavy (non-hydrogen) atoms. The van der Waals surface area contributed by atoms with Crippen LogP contribution in [0.4, 0.5) is 5.69 Å². The van der Waals surface area contributed by atoms with Crippen LogP contribution in [0.3, 0.4) is 0 Å². The van der Waals surface area contributed by atoms with Gasteiger partial charge in [-0.2, -0.15) is 0 Å². The Labute approximate surface area is 145 Å². The topological polar surface area (TPSA) is 84.0 Å². The summed E-state index contributed by atoms with van der Waals surface area (Å²) in [6, 6.07) is 14.3. The van der Waals surface area contributed by atoms with Gasteiger partial charge in [-0.3, -0.25) is 19.6 Å². The second-order valence-electron chi connectivity index (χ2n) is 5.32. The zero-order chi connectivity index (χ0) is 17.5. The van der Waals surface area contributed by atoms with Crippen molar-refractivity contribution in [3.63, 3.8) is 0 Å². The summed E-state index contributed by atoms with van der Waals surface area (Å²) in [4.78, 5) is 32.5. The maximum Gasteiger partial charge on any atom is 0.257 e. The van der Waals surface area contributed by atoms with Gasteiger partial charge in [0.2, 0.25) is 0 Å². The van der Waals surface area contributed by atoms with E-state index in [0.29, 0.717) is 23.4 Å². The van der Waals surface area contributed by atoms with Gasteiger partial charge in [0.15, 0.2) is 0 Å². The maximum atomic E-state index is 12.3. The predicted octanol–water partition coefficient (Wildman–Crippen LogP) is 2.66. The first kappa shape index (κ1) is 16.3. The lowest BCUT2D eigenvalue weighted by Crippen LogP contribution is -2.23. The van der Waals surface area contributed by atoms with Gasteiger partial charge in [0.1, 0.15) is 0 Å². The van der Waals surface area contributed by atoms with E-state index in [0.717, 1.165) is 5.56 Å². The molecule has 0 atom stereocenters. The molecule has 3 aromatic rings. The normalized spacial score (nSPS) is 10.1. The molecule has 2 N–H and O–H groups in total. The second-order valence-corrected chi connectivity index (χ2v) is 5.32. The molecule has 0 aliphatic heterocycles. The number of para-hydroxylation sites is 1. The molecule has 0 bridgehead atoms. The molecular weight excluding hydrogens is 316 g/mol. The average molecular weight is 332 g/mol. The Hall–Kier alpha value is -3.54. The number of anilines is 1. The minimum absolute atomic E-state index is 0.293. The van der Waals surface area contributed by atoms with Crippen LogP contribution in [0.15, 0.2) is 73.3 Å². The maximum absolute atomic E-state index is 12.3. The van der Waals surface area contributed by atoms with Gasteiger partial charge in [-0.05, 0) is 35.9 Å². The van der Waals surface area contributed by atoms with Crippen LogP contribution < -0.4 is 10.6 Å². The largest absolute Gasteiger partial charge is 0.348 e. The number of benzene rings is 1. The summed E-state index contributed by atoms with van der Waals surface area (Å²) >= 11 is 0. The minimum Gasteiger partial charge on any atom is -0.348 e. The van der Waals surface area contributed by atoms with Gasteiger partial charge in [-0.1, -0.05) is 18.2 Å². The van der Waals surface area contributed by atoms with E-state index in [1.165, 1.54) is 18.5 Å². The van der Waals surface area contributed by atoms with Crippen molar-refractivity contribution in [1.82, 2.24) is 15.3 Å². The zero-order valence-electron chi connectivity index (χ0n) is 13.3. The summed E-state index contributed by atoms with van der Waals surface area (Å²) < 4.78 is 0. The highest BCUT2D eigenvalue weighted by Gasteiger charge is 2.11. The molecule has 0 saturated heterocycles. The average Bonchev–Trinajstić information content (AvgIpc) is 2.68. The van der Waals surface area contributed by atoms with Crippen LogP contribution in [-0.4, -0.2) is 21.8 Å². The SMILES string of the molecule is O=C(NCc1ccncc1)c1cncc(C(=O)Nc2ccccc2)c1. The second kappa shape index (κ2) is 7.83. The van der Waals surface area contributed by atoms with E-state index in [1.807, 2.05) is 30.3 Å². The molecule has 1 aromatic carbocycles. The quantitative estimate of drug-likeness (QED) is 0.752. The van der Waals surface area contributed by atoms with Crippen LogP contribution in [0.5, 0.6) is 0 Å². The van der Waals surface area contributed by atoms with Gasteiger partial charge < -0.3 is 10.6 Å². The standard InChI is InChI=1S/C19H16N4O2/c24-18(22-11-14-6-8-20-9-7-14)15-10-16(13-21-12-15)19(25)23-17-4-2-1-3-5-17/h1-10,12-13H,11H2,(H,22,24)(H,23,25). The van der Waals surface area contributed by atoms with Crippen molar-refractivity contribution < 1.29 is 9.59 Å². The third-order valence-corrected chi connectivity index (χ3v) is 3.50. The Kier molecular flexibility index (Phi) is 5.11. The van der Waals surface area contributed by atoms with Crippen molar-refractivity contribution in [2.24, 2.45) is 0 Å². The Bertz CT molecular complexity index is 867. The van der Waals surface area contributed by atoms with Gasteiger partial charge in [-0.25, -0.2) is 0 Å². The van der Waals surface area contributed by atoms with Crippen LogP contribution in [0, 0.1) is 0 Å². The molecule has 6 nitrogen and oxygen atoms in total. The number of aromatic nitrogens is 2. The fourth-order valence-electron chi connectivity index (χ4n) is 2.20. The highest BCUT2D eigenvalue weighted by atomic mass is 16.2. The summed E-state index contributed by atoms with van der Waals surface area (Å²) in [5.74, 6) is -0.610. The number of carbonyl (C=O) groups is 2. The van der Waals surface area contributed by atoms with Crippen molar-refractivity contribution in [1.29, 1.82) is 0 Å². The van der Waals surface area contributed by atoms with E-state index in [2.05, 4.69) is 20.6 Å². The molecule has 0 radical (unpaired) electrons. The predicted molar refractivity (Wildman–Crippen MR) is 94.0 cm³/mol. The molecule has 124 valence electrons. The number of hydrogen-bond donors (Lipinski definition) is 2. The van der Waals surface area contributed by atoms with E-state index in [-0.39, 0.29) is 11.8 Å². The molecule has 2 heterocycles. The number of nitrogens with zero attached hydrogens (tertiary/aromatic N) is 2. The number of nitrogens with one attached hydrogen (secondary N) is 2. The van der Waals surface area contributed by atoms with Crippen LogP contribution >= 0.6 is 0 Å². The van der Waals surface area contributed by atoms with Gasteiger partial charge in [-0.15, -0.1) is 0 Å². The third kappa shape index (κ3) is 4.48. The molecule has 3 rings (SSSR count). The fourth-order valence-corrected chi connectivity index (χ4v) is 2.20. The first-order valence-electron chi connectivity index (χ1n) is 7.71. The Morgan fingerprint density at radius 1 is 0.840 bits per heavy atom. The van der Waals surface area contributed by atoms with E-state index < -0.39 is 0 Å². The van der Waals surface area contributed by atoms with E-state index >= 15 is 0 Å². The molecule has 0 aliphatic rings. The van der Waals surface area contributed by atoms with E-state index in [1.54, 1.807) is 24.5 Å². The first-order valence-corrected chi connectivity index (χ1v) is 7.71. The van der Waals surface area contributed by atoms with Crippen molar-refractivity contribution in [2.45, 2.75) is 6.54 Å². The number of amides is 2. The van der Waals surface area contributed by atoms with E-state index in [4.69, 9.17) is 0 Å². The molecule has 2 aromatic heterocycles. The molecule has 0 saturated carbocycles. The van der Waals surface area contributed by atoms with Crippen LogP contribution in [0.25, 0.3) is 0 Å². The molecule has 2 amide bonds. The lowest BCUT2D eigenvalue weighted by Gasteiger charge is -2.07. The summed E-state index contributed by atoms with van der Waals surface area (Å²) in [6.45, 7) is 0.377. The number of carbonyl (C=O) groups excluding carboxylic acids is 2. The molecule has 0 spiro atoms. The van der Waals surface area contributed by atoms with Gasteiger partial charge >= 0.3 is 0 Å². The van der Waals surface area contributed by atoms with Crippen LogP contribution in [0.1, 0.15) is 26.3 Å². The third-order valence-electron chi connectivity index (χ3n) is 3.50. The lowest BCUT2D eigenvalue weighted by atomic mass is 10.1. The van der Waals surface area contributed by atoms with Crippen molar-refractivity contribution in [3.8, 4) is 0 Å². The molecule has 0 aliphatic carbocycles. The van der Waals surface area contributed by atoms with Crippen molar-refractivity contribution in [3.05, 3.63) is 90.0 Å². The first-order chi connectivity index (χ1) is 12.2. The van der Waals surface area contributed by atoms with Crippen LogP contribution in [0.2, 0.25) is 0 Å². The van der Waals surface area contributed by atoms with Gasteiger partial charge in [0, 0.05) is 37.0 Å². The van der Waals surface area contributed by atoms with E-state index in [9.17, 15) is 9.59 Å². The fraction of sp³-hybridized carbons (Fsp3) is 0.0526. The Morgan fingerprint density at radius 2 is 1.52 bits per heavy atom. The smallest absolute Gasteiger partial charge is 0.257 e. The number of pyridine rings is 2. The Morgan fingerprint density at radius 3 is 2.24 bits per heavy atom. The van der Waals surface area contributed by atoms with Crippen LogP contribution in [-0.2, 0) is 6.54 Å². The van der Waals surface area contributed by atoms with Gasteiger partial charge in [0.25, 0.3) is 11.8 Å². The molecule has 6 heteroatoms. The summed E-state index contributed by atoms with van der Waals surface area (Å²) in [5, 5.41) is 5.56. The van der Waals surface area contributed by atoms with Gasteiger partial charge in [0.05, 0.1) is 11.1 Å². The number of hydrogen-bond acceptors (Lipinski definition) is 4.